The summed E-state index contributed by atoms with van der Waals surface area (Å²) >= 11 is 1.81. The van der Waals surface area contributed by atoms with Crippen molar-refractivity contribution >= 4 is 11.8 Å². The van der Waals surface area contributed by atoms with Crippen LogP contribution in [-0.4, -0.2) is 14.8 Å². The summed E-state index contributed by atoms with van der Waals surface area (Å²) < 4.78 is 2.42. The van der Waals surface area contributed by atoms with Crippen molar-refractivity contribution in [2.24, 2.45) is 0 Å². The van der Waals surface area contributed by atoms with Gasteiger partial charge in [-0.05, 0) is 40.4 Å². The molecule has 1 aliphatic rings. The molecule has 1 saturated carbocycles. The SMILES string of the molecule is CC(C)(C)c1ccc(CSc2nnc(-c3ccc(C(C)(C)C)cc3)n2C2CCCC2)cc1. The van der Waals surface area contributed by atoms with Crippen LogP contribution in [0.15, 0.2) is 53.7 Å². The standard InChI is InChI=1S/C28H37N3S/c1-27(2,3)22-15-11-20(12-16-22)19-32-26-30-29-25(31(26)24-9-7-8-10-24)21-13-17-23(18-14-21)28(4,5)6/h11-18,24H,7-10,19H2,1-6H3. The Hall–Kier alpha value is -2.07. The van der Waals surface area contributed by atoms with Crippen molar-refractivity contribution in [3.8, 4) is 11.4 Å². The lowest BCUT2D eigenvalue weighted by Gasteiger charge is -2.20. The molecule has 0 saturated heterocycles. The second-order valence-corrected chi connectivity index (χ2v) is 12.1. The van der Waals surface area contributed by atoms with Crippen LogP contribution in [0.4, 0.5) is 0 Å². The van der Waals surface area contributed by atoms with E-state index in [1.54, 1.807) is 0 Å². The molecule has 3 aromatic rings. The Morgan fingerprint density at radius 1 is 0.781 bits per heavy atom. The van der Waals surface area contributed by atoms with Crippen LogP contribution in [0.2, 0.25) is 0 Å². The van der Waals surface area contributed by atoms with Crippen molar-refractivity contribution in [3.05, 3.63) is 65.2 Å². The van der Waals surface area contributed by atoms with E-state index < -0.39 is 0 Å². The van der Waals surface area contributed by atoms with Crippen LogP contribution < -0.4 is 0 Å². The van der Waals surface area contributed by atoms with E-state index in [1.807, 2.05) is 11.8 Å². The minimum Gasteiger partial charge on any atom is -0.299 e. The minimum absolute atomic E-state index is 0.154. The first-order valence-electron chi connectivity index (χ1n) is 11.9. The van der Waals surface area contributed by atoms with Crippen molar-refractivity contribution in [3.63, 3.8) is 0 Å². The zero-order chi connectivity index (χ0) is 22.9. The smallest absolute Gasteiger partial charge is 0.192 e. The average Bonchev–Trinajstić information content (AvgIpc) is 3.41. The molecule has 4 rings (SSSR count). The summed E-state index contributed by atoms with van der Waals surface area (Å²) in [6.45, 7) is 13.5. The third-order valence-electron chi connectivity index (χ3n) is 6.55. The molecule has 0 aliphatic heterocycles. The third kappa shape index (κ3) is 5.11. The summed E-state index contributed by atoms with van der Waals surface area (Å²) in [7, 11) is 0. The van der Waals surface area contributed by atoms with Gasteiger partial charge in [-0.15, -0.1) is 10.2 Å². The maximum atomic E-state index is 4.67. The van der Waals surface area contributed by atoms with E-state index in [2.05, 4.69) is 105 Å². The van der Waals surface area contributed by atoms with Gasteiger partial charge in [-0.25, -0.2) is 0 Å². The second kappa shape index (κ2) is 9.05. The number of rotatable bonds is 5. The molecule has 2 aromatic carbocycles. The fourth-order valence-electron chi connectivity index (χ4n) is 4.43. The van der Waals surface area contributed by atoms with Crippen LogP contribution in [0.3, 0.4) is 0 Å². The lowest BCUT2D eigenvalue weighted by Crippen LogP contribution is -2.11. The number of benzene rings is 2. The maximum Gasteiger partial charge on any atom is 0.192 e. The molecule has 0 bridgehead atoms. The molecule has 0 atom stereocenters. The zero-order valence-electron chi connectivity index (χ0n) is 20.5. The Labute approximate surface area is 198 Å². The molecule has 1 heterocycles. The van der Waals surface area contributed by atoms with E-state index in [4.69, 9.17) is 0 Å². The second-order valence-electron chi connectivity index (χ2n) is 11.2. The Morgan fingerprint density at radius 3 is 1.84 bits per heavy atom. The summed E-state index contributed by atoms with van der Waals surface area (Å²) in [5.74, 6) is 1.93. The molecule has 1 aliphatic carbocycles. The van der Waals surface area contributed by atoms with Gasteiger partial charge in [0.25, 0.3) is 0 Å². The summed E-state index contributed by atoms with van der Waals surface area (Å²) in [5, 5.41) is 10.4. The molecule has 1 aromatic heterocycles. The molecule has 1 fully saturated rings. The van der Waals surface area contributed by atoms with E-state index in [-0.39, 0.29) is 10.8 Å². The van der Waals surface area contributed by atoms with Gasteiger partial charge in [0.1, 0.15) is 0 Å². The molecule has 0 unspecified atom stereocenters. The largest absolute Gasteiger partial charge is 0.299 e. The predicted molar refractivity (Wildman–Crippen MR) is 136 cm³/mol. The maximum absolute atomic E-state index is 4.67. The van der Waals surface area contributed by atoms with E-state index >= 15 is 0 Å². The van der Waals surface area contributed by atoms with E-state index in [0.717, 1.165) is 16.7 Å². The number of aromatic nitrogens is 3. The van der Waals surface area contributed by atoms with Gasteiger partial charge in [0.15, 0.2) is 11.0 Å². The van der Waals surface area contributed by atoms with Gasteiger partial charge in [-0.2, -0.15) is 0 Å². The fourth-order valence-corrected chi connectivity index (χ4v) is 5.39. The molecule has 3 nitrogen and oxygen atoms in total. The third-order valence-corrected chi connectivity index (χ3v) is 7.57. The van der Waals surface area contributed by atoms with E-state index in [0.29, 0.717) is 6.04 Å². The van der Waals surface area contributed by atoms with Crippen LogP contribution in [0.5, 0.6) is 0 Å². The molecule has 0 spiro atoms. The summed E-state index contributed by atoms with van der Waals surface area (Å²) in [5.41, 5.74) is 5.56. The Kier molecular flexibility index (Phi) is 6.53. The molecule has 170 valence electrons. The predicted octanol–water partition coefficient (Wildman–Crippen LogP) is 7.95. The number of thioether (sulfide) groups is 1. The van der Waals surface area contributed by atoms with E-state index in [1.165, 1.54) is 47.9 Å². The van der Waals surface area contributed by atoms with Crippen molar-refractivity contribution in [1.82, 2.24) is 14.8 Å². The topological polar surface area (TPSA) is 30.7 Å². The number of hydrogen-bond donors (Lipinski definition) is 0. The van der Waals surface area contributed by atoms with Gasteiger partial charge >= 0.3 is 0 Å². The number of hydrogen-bond acceptors (Lipinski definition) is 3. The van der Waals surface area contributed by atoms with Crippen molar-refractivity contribution in [2.75, 3.05) is 0 Å². The van der Waals surface area contributed by atoms with Crippen LogP contribution in [-0.2, 0) is 16.6 Å². The number of nitrogens with zero attached hydrogens (tertiary/aromatic N) is 3. The quantitative estimate of drug-likeness (QED) is 0.372. The van der Waals surface area contributed by atoms with Gasteiger partial charge in [-0.1, -0.05) is 115 Å². The highest BCUT2D eigenvalue weighted by molar-refractivity contribution is 7.98. The molecular formula is C28H37N3S. The Morgan fingerprint density at radius 2 is 1.31 bits per heavy atom. The molecule has 32 heavy (non-hydrogen) atoms. The first-order chi connectivity index (χ1) is 15.1. The molecule has 4 heteroatoms. The minimum atomic E-state index is 0.154. The molecule has 0 N–H and O–H groups in total. The van der Waals surface area contributed by atoms with Crippen LogP contribution in [0.1, 0.15) is 90.0 Å². The zero-order valence-corrected chi connectivity index (χ0v) is 21.3. The van der Waals surface area contributed by atoms with Crippen LogP contribution in [0.25, 0.3) is 11.4 Å². The monoisotopic (exact) mass is 447 g/mol. The van der Waals surface area contributed by atoms with E-state index in [9.17, 15) is 0 Å². The van der Waals surface area contributed by atoms with Gasteiger partial charge < -0.3 is 0 Å². The highest BCUT2D eigenvalue weighted by Crippen LogP contribution is 2.38. The summed E-state index contributed by atoms with van der Waals surface area (Å²) in [6, 6.07) is 18.5. The lowest BCUT2D eigenvalue weighted by atomic mass is 9.86. The highest BCUT2D eigenvalue weighted by Gasteiger charge is 2.25. The van der Waals surface area contributed by atoms with Crippen molar-refractivity contribution in [1.29, 1.82) is 0 Å². The lowest BCUT2D eigenvalue weighted by molar-refractivity contribution is 0.485. The fraction of sp³-hybridized carbons (Fsp3) is 0.500. The average molecular weight is 448 g/mol. The van der Waals surface area contributed by atoms with Gasteiger partial charge in [-0.3, -0.25) is 4.57 Å². The van der Waals surface area contributed by atoms with Crippen LogP contribution in [0, 0.1) is 0 Å². The molecule has 0 radical (unpaired) electrons. The van der Waals surface area contributed by atoms with Gasteiger partial charge in [0.05, 0.1) is 0 Å². The summed E-state index contributed by atoms with van der Waals surface area (Å²) in [6.07, 6.45) is 5.03. The Bertz CT molecular complexity index is 1030. The van der Waals surface area contributed by atoms with Crippen molar-refractivity contribution in [2.45, 2.75) is 95.0 Å². The molecular weight excluding hydrogens is 410 g/mol. The highest BCUT2D eigenvalue weighted by atomic mass is 32.2. The van der Waals surface area contributed by atoms with Gasteiger partial charge in [0, 0.05) is 17.4 Å². The first-order valence-corrected chi connectivity index (χ1v) is 12.9. The molecule has 0 amide bonds. The van der Waals surface area contributed by atoms with Gasteiger partial charge in [0.2, 0.25) is 0 Å². The first kappa shape index (κ1) is 23.1. The van der Waals surface area contributed by atoms with Crippen LogP contribution >= 0.6 is 11.8 Å². The normalized spacial score (nSPS) is 15.4. The Balaban J connectivity index is 1.58. The van der Waals surface area contributed by atoms with Crippen molar-refractivity contribution < 1.29 is 0 Å². The summed E-state index contributed by atoms with van der Waals surface area (Å²) in [4.78, 5) is 0.